The van der Waals surface area contributed by atoms with Crippen molar-refractivity contribution in [3.8, 4) is 11.5 Å². The van der Waals surface area contributed by atoms with E-state index in [0.29, 0.717) is 19.8 Å². The van der Waals surface area contributed by atoms with Crippen molar-refractivity contribution in [3.05, 3.63) is 23.8 Å². The fourth-order valence-electron chi connectivity index (χ4n) is 1.66. The van der Waals surface area contributed by atoms with E-state index in [1.165, 1.54) is 0 Å². The summed E-state index contributed by atoms with van der Waals surface area (Å²) in [5, 5.41) is 3.47. The summed E-state index contributed by atoms with van der Waals surface area (Å²) in [6, 6.07) is 5.91. The molecule has 1 N–H and O–H groups in total. The van der Waals surface area contributed by atoms with Crippen LogP contribution < -0.4 is 14.8 Å². The Bertz CT molecular complexity index is 399. The van der Waals surface area contributed by atoms with Gasteiger partial charge in [-0.2, -0.15) is 0 Å². The number of methoxy groups -OCH3 is 1. The van der Waals surface area contributed by atoms with Crippen LogP contribution in [0.5, 0.6) is 11.5 Å². The zero-order chi connectivity index (χ0) is 15.0. The van der Waals surface area contributed by atoms with Gasteiger partial charge in [0, 0.05) is 30.3 Å². The maximum atomic E-state index is 5.80. The Morgan fingerprint density at radius 3 is 2.50 bits per heavy atom. The highest BCUT2D eigenvalue weighted by Crippen LogP contribution is 2.25. The zero-order valence-corrected chi connectivity index (χ0v) is 13.3. The van der Waals surface area contributed by atoms with Gasteiger partial charge in [-0.15, -0.1) is 0 Å². The molecule has 0 aliphatic heterocycles. The maximum absolute atomic E-state index is 5.80. The molecule has 4 heteroatoms. The van der Waals surface area contributed by atoms with Crippen LogP contribution in [-0.4, -0.2) is 32.5 Å². The Kier molecular flexibility index (Phi) is 6.82. The lowest BCUT2D eigenvalue weighted by Crippen LogP contribution is -2.35. The molecule has 0 aliphatic carbocycles. The lowest BCUT2D eigenvalue weighted by atomic mass is 10.1. The second-order valence-corrected chi connectivity index (χ2v) is 5.62. The first kappa shape index (κ1) is 16.8. The van der Waals surface area contributed by atoms with Crippen LogP contribution in [0, 0.1) is 0 Å². The van der Waals surface area contributed by atoms with Gasteiger partial charge >= 0.3 is 0 Å². The first-order valence-corrected chi connectivity index (χ1v) is 7.08. The molecule has 1 aromatic carbocycles. The third-order valence-electron chi connectivity index (χ3n) is 2.77. The van der Waals surface area contributed by atoms with Crippen molar-refractivity contribution in [2.75, 3.05) is 26.9 Å². The zero-order valence-electron chi connectivity index (χ0n) is 13.3. The van der Waals surface area contributed by atoms with Gasteiger partial charge in [-0.05, 0) is 33.8 Å². The standard InChI is InChI=1S/C16H27NO3/c1-6-19-9-10-20-15-11-14(18-5)8-7-13(15)12-17-16(2,3)4/h7-8,11,17H,6,9-10,12H2,1-5H3. The molecule has 0 radical (unpaired) electrons. The Balaban J connectivity index is 2.70. The fraction of sp³-hybridized carbons (Fsp3) is 0.625. The third-order valence-corrected chi connectivity index (χ3v) is 2.77. The molecule has 0 unspecified atom stereocenters. The van der Waals surface area contributed by atoms with E-state index in [1.54, 1.807) is 7.11 Å². The Morgan fingerprint density at radius 1 is 1.15 bits per heavy atom. The van der Waals surface area contributed by atoms with Crippen LogP contribution in [0.2, 0.25) is 0 Å². The Hall–Kier alpha value is -1.26. The van der Waals surface area contributed by atoms with Crippen LogP contribution in [-0.2, 0) is 11.3 Å². The average Bonchev–Trinajstić information content (AvgIpc) is 2.41. The molecule has 0 amide bonds. The molecule has 1 rings (SSSR count). The van der Waals surface area contributed by atoms with Gasteiger partial charge in [0.2, 0.25) is 0 Å². The maximum Gasteiger partial charge on any atom is 0.127 e. The minimum absolute atomic E-state index is 0.0719. The van der Waals surface area contributed by atoms with Crippen molar-refractivity contribution in [2.24, 2.45) is 0 Å². The van der Waals surface area contributed by atoms with E-state index in [0.717, 1.165) is 23.6 Å². The van der Waals surface area contributed by atoms with Gasteiger partial charge in [0.1, 0.15) is 18.1 Å². The first-order chi connectivity index (χ1) is 9.46. The van der Waals surface area contributed by atoms with E-state index in [2.05, 4.69) is 26.1 Å². The van der Waals surface area contributed by atoms with Gasteiger partial charge in [-0.1, -0.05) is 6.07 Å². The van der Waals surface area contributed by atoms with Crippen LogP contribution >= 0.6 is 0 Å². The van der Waals surface area contributed by atoms with Gasteiger partial charge < -0.3 is 19.5 Å². The van der Waals surface area contributed by atoms with E-state index in [9.17, 15) is 0 Å². The lowest BCUT2D eigenvalue weighted by Gasteiger charge is -2.22. The highest BCUT2D eigenvalue weighted by Gasteiger charge is 2.12. The molecule has 0 saturated carbocycles. The number of nitrogens with one attached hydrogen (secondary N) is 1. The number of rotatable bonds is 8. The summed E-state index contributed by atoms with van der Waals surface area (Å²) in [7, 11) is 1.66. The molecule has 0 saturated heterocycles. The number of hydrogen-bond donors (Lipinski definition) is 1. The molecule has 0 spiro atoms. The largest absolute Gasteiger partial charge is 0.497 e. The lowest BCUT2D eigenvalue weighted by molar-refractivity contribution is 0.109. The highest BCUT2D eigenvalue weighted by atomic mass is 16.5. The predicted molar refractivity (Wildman–Crippen MR) is 81.6 cm³/mol. The van der Waals surface area contributed by atoms with E-state index in [-0.39, 0.29) is 5.54 Å². The average molecular weight is 281 g/mol. The molecule has 0 aliphatic rings. The Morgan fingerprint density at radius 2 is 1.90 bits per heavy atom. The second-order valence-electron chi connectivity index (χ2n) is 5.62. The SMILES string of the molecule is CCOCCOc1cc(OC)ccc1CNC(C)(C)C. The molecule has 0 fully saturated rings. The van der Waals surface area contributed by atoms with Crippen LogP contribution in [0.1, 0.15) is 33.3 Å². The number of ether oxygens (including phenoxy) is 3. The van der Waals surface area contributed by atoms with Gasteiger partial charge in [-0.3, -0.25) is 0 Å². The van der Waals surface area contributed by atoms with Crippen LogP contribution in [0.15, 0.2) is 18.2 Å². The molecular formula is C16H27NO3. The molecular weight excluding hydrogens is 254 g/mol. The first-order valence-electron chi connectivity index (χ1n) is 7.08. The summed E-state index contributed by atoms with van der Waals surface area (Å²) in [5.74, 6) is 1.65. The van der Waals surface area contributed by atoms with Gasteiger partial charge in [0.25, 0.3) is 0 Å². The number of benzene rings is 1. The molecule has 0 heterocycles. The van der Waals surface area contributed by atoms with E-state index in [1.807, 2.05) is 25.1 Å². The summed E-state index contributed by atoms with van der Waals surface area (Å²) in [6.45, 7) is 11.0. The Labute approximate surface area is 122 Å². The van der Waals surface area contributed by atoms with Crippen molar-refractivity contribution in [3.63, 3.8) is 0 Å². The van der Waals surface area contributed by atoms with E-state index < -0.39 is 0 Å². The van der Waals surface area contributed by atoms with E-state index >= 15 is 0 Å². The molecule has 114 valence electrons. The van der Waals surface area contributed by atoms with Crippen molar-refractivity contribution in [1.82, 2.24) is 5.32 Å². The van der Waals surface area contributed by atoms with Crippen LogP contribution in [0.25, 0.3) is 0 Å². The second kappa shape index (κ2) is 8.12. The highest BCUT2D eigenvalue weighted by molar-refractivity contribution is 5.40. The molecule has 4 nitrogen and oxygen atoms in total. The minimum atomic E-state index is 0.0719. The topological polar surface area (TPSA) is 39.7 Å². The smallest absolute Gasteiger partial charge is 0.127 e. The summed E-state index contributed by atoms with van der Waals surface area (Å²) >= 11 is 0. The van der Waals surface area contributed by atoms with Crippen LogP contribution in [0.4, 0.5) is 0 Å². The van der Waals surface area contributed by atoms with Gasteiger partial charge in [0.15, 0.2) is 0 Å². The van der Waals surface area contributed by atoms with Gasteiger partial charge in [0.05, 0.1) is 13.7 Å². The predicted octanol–water partition coefficient (Wildman–Crippen LogP) is 3.00. The molecule has 0 aromatic heterocycles. The number of hydrogen-bond acceptors (Lipinski definition) is 4. The summed E-state index contributed by atoms with van der Waals surface area (Å²) in [6.07, 6.45) is 0. The summed E-state index contributed by atoms with van der Waals surface area (Å²) in [5.41, 5.74) is 1.19. The normalized spacial score (nSPS) is 11.4. The summed E-state index contributed by atoms with van der Waals surface area (Å²) < 4.78 is 16.3. The molecule has 20 heavy (non-hydrogen) atoms. The van der Waals surface area contributed by atoms with Crippen LogP contribution in [0.3, 0.4) is 0 Å². The quantitative estimate of drug-likeness (QED) is 0.744. The molecule has 0 bridgehead atoms. The van der Waals surface area contributed by atoms with Gasteiger partial charge in [-0.25, -0.2) is 0 Å². The minimum Gasteiger partial charge on any atom is -0.497 e. The fourth-order valence-corrected chi connectivity index (χ4v) is 1.66. The van der Waals surface area contributed by atoms with E-state index in [4.69, 9.17) is 14.2 Å². The third kappa shape index (κ3) is 6.26. The monoisotopic (exact) mass is 281 g/mol. The van der Waals surface area contributed by atoms with Crippen molar-refractivity contribution in [1.29, 1.82) is 0 Å². The van der Waals surface area contributed by atoms with Crippen molar-refractivity contribution in [2.45, 2.75) is 39.8 Å². The van der Waals surface area contributed by atoms with Crippen molar-refractivity contribution < 1.29 is 14.2 Å². The molecule has 1 aromatic rings. The van der Waals surface area contributed by atoms with Crippen molar-refractivity contribution >= 4 is 0 Å². The molecule has 0 atom stereocenters. The summed E-state index contributed by atoms with van der Waals surface area (Å²) in [4.78, 5) is 0.